The van der Waals surface area contributed by atoms with Gasteiger partial charge in [0.2, 0.25) is 0 Å². The number of benzene rings is 2. The second-order valence-corrected chi connectivity index (χ2v) is 6.06. The van der Waals surface area contributed by atoms with Gasteiger partial charge in [0.05, 0.1) is 5.54 Å². The molecule has 2 aliphatic rings. The maximum Gasteiger partial charge on any atom is 0.0692 e. The maximum atomic E-state index is 2.58. The Bertz CT molecular complexity index is 600. The number of hydrogen-bond acceptors (Lipinski definition) is 1. The van der Waals surface area contributed by atoms with E-state index in [0.717, 1.165) is 0 Å². The third kappa shape index (κ3) is 1.60. The lowest BCUT2D eigenvalue weighted by atomic mass is 9.69. The van der Waals surface area contributed by atoms with Gasteiger partial charge in [0, 0.05) is 6.04 Å². The van der Waals surface area contributed by atoms with E-state index in [9.17, 15) is 0 Å². The largest absolute Gasteiger partial charge is 0.289 e. The Morgan fingerprint density at radius 1 is 0.900 bits per heavy atom. The highest BCUT2D eigenvalue weighted by Gasteiger charge is 2.46. The average Bonchev–Trinajstić information content (AvgIpc) is 2.43. The molecule has 0 spiro atoms. The van der Waals surface area contributed by atoms with Crippen molar-refractivity contribution in [3.05, 3.63) is 70.8 Å². The molecule has 0 saturated heterocycles. The molecule has 0 aromatic heterocycles. The minimum atomic E-state index is 0. The van der Waals surface area contributed by atoms with Gasteiger partial charge in [-0.05, 0) is 49.1 Å². The molecule has 2 bridgehead atoms. The van der Waals surface area contributed by atoms with Gasteiger partial charge in [-0.15, -0.1) is 12.4 Å². The molecule has 0 amide bonds. The number of likely N-dealkylation sites (N-methyl/N-ethyl adjacent to an activating group) is 1. The average molecular weight is 286 g/mol. The molecule has 2 aliphatic heterocycles. The molecule has 2 heteroatoms. The number of nitrogens with zero attached hydrogens (tertiary/aromatic N) is 1. The van der Waals surface area contributed by atoms with Crippen molar-refractivity contribution in [3.8, 4) is 0 Å². The minimum absolute atomic E-state index is 0. The molecule has 4 rings (SSSR count). The van der Waals surface area contributed by atoms with E-state index in [2.05, 4.69) is 67.4 Å². The van der Waals surface area contributed by atoms with Crippen molar-refractivity contribution in [3.63, 3.8) is 0 Å². The topological polar surface area (TPSA) is 3.24 Å². The van der Waals surface area contributed by atoms with Crippen molar-refractivity contribution in [1.29, 1.82) is 0 Å². The summed E-state index contributed by atoms with van der Waals surface area (Å²) in [4.78, 5) is 2.58. The zero-order chi connectivity index (χ0) is 13.0. The van der Waals surface area contributed by atoms with Crippen LogP contribution in [-0.4, -0.2) is 18.0 Å². The molecular weight excluding hydrogens is 266 g/mol. The van der Waals surface area contributed by atoms with Crippen molar-refractivity contribution < 1.29 is 0 Å². The summed E-state index contributed by atoms with van der Waals surface area (Å²) in [6.45, 7) is 2.38. The van der Waals surface area contributed by atoms with E-state index in [4.69, 9.17) is 0 Å². The third-order valence-electron chi connectivity index (χ3n) is 5.25. The highest BCUT2D eigenvalue weighted by Crippen LogP contribution is 2.47. The molecule has 0 atom stereocenters. The first kappa shape index (κ1) is 13.7. The van der Waals surface area contributed by atoms with E-state index < -0.39 is 0 Å². The monoisotopic (exact) mass is 285 g/mol. The smallest absolute Gasteiger partial charge is 0.0692 e. The van der Waals surface area contributed by atoms with Crippen molar-refractivity contribution in [2.45, 2.75) is 31.3 Å². The Morgan fingerprint density at radius 2 is 1.35 bits per heavy atom. The van der Waals surface area contributed by atoms with E-state index in [1.165, 1.54) is 35.1 Å². The van der Waals surface area contributed by atoms with Gasteiger partial charge in [0.25, 0.3) is 0 Å². The molecule has 2 aromatic carbocycles. The predicted molar refractivity (Wildman–Crippen MR) is 85.5 cm³/mol. The number of fused-ring (bicyclic) bond motifs is 6. The quantitative estimate of drug-likeness (QED) is 0.712. The Kier molecular flexibility index (Phi) is 3.15. The summed E-state index contributed by atoms with van der Waals surface area (Å²) in [6, 6.07) is 18.6. The fourth-order valence-electron chi connectivity index (χ4n) is 4.09. The molecule has 0 saturated carbocycles. The first-order valence-corrected chi connectivity index (χ1v) is 7.11. The van der Waals surface area contributed by atoms with Crippen molar-refractivity contribution in [2.75, 3.05) is 7.05 Å². The highest BCUT2D eigenvalue weighted by molar-refractivity contribution is 5.85. The van der Waals surface area contributed by atoms with Crippen LogP contribution in [0.3, 0.4) is 0 Å². The number of halogens is 1. The molecule has 0 radical (unpaired) electrons. The van der Waals surface area contributed by atoms with Gasteiger partial charge in [0.15, 0.2) is 0 Å². The third-order valence-corrected chi connectivity index (χ3v) is 5.25. The van der Waals surface area contributed by atoms with E-state index in [1.54, 1.807) is 0 Å². The summed E-state index contributed by atoms with van der Waals surface area (Å²) >= 11 is 0. The fraction of sp³-hybridized carbons (Fsp3) is 0.333. The van der Waals surface area contributed by atoms with Gasteiger partial charge >= 0.3 is 0 Å². The Balaban J connectivity index is 0.00000121. The lowest BCUT2D eigenvalue weighted by Gasteiger charge is -2.53. The van der Waals surface area contributed by atoms with Gasteiger partial charge in [-0.1, -0.05) is 48.5 Å². The van der Waals surface area contributed by atoms with Crippen LogP contribution in [0.15, 0.2) is 48.5 Å². The first-order valence-electron chi connectivity index (χ1n) is 7.11. The molecule has 1 nitrogen and oxygen atoms in total. The summed E-state index contributed by atoms with van der Waals surface area (Å²) in [5.41, 5.74) is 6.07. The van der Waals surface area contributed by atoms with Gasteiger partial charge < -0.3 is 0 Å². The highest BCUT2D eigenvalue weighted by atomic mass is 35.5. The Labute approximate surface area is 127 Å². The summed E-state index contributed by atoms with van der Waals surface area (Å²) in [6.07, 6.45) is 2.35. The first-order chi connectivity index (χ1) is 9.21. The summed E-state index contributed by atoms with van der Waals surface area (Å²) < 4.78 is 0. The van der Waals surface area contributed by atoms with Crippen LogP contribution in [0.4, 0.5) is 0 Å². The van der Waals surface area contributed by atoms with E-state index in [1.807, 2.05) is 0 Å². The molecule has 104 valence electrons. The molecule has 2 heterocycles. The lowest BCUT2D eigenvalue weighted by Crippen LogP contribution is -2.56. The standard InChI is InChI=1S/C18H19N.ClH/c1-18-16-9-5-3-7-13(16)11-15(19(18)2)12-14-8-4-6-10-17(14)18;/h3-10,15H,11-12H2,1-2H3;1H. The predicted octanol–water partition coefficient (Wildman–Crippen LogP) is 3.78. The molecule has 0 aliphatic carbocycles. The number of hydrogen-bond donors (Lipinski definition) is 0. The maximum absolute atomic E-state index is 2.58. The lowest BCUT2D eigenvalue weighted by molar-refractivity contribution is 0.0851. The van der Waals surface area contributed by atoms with Crippen LogP contribution in [0.2, 0.25) is 0 Å². The molecule has 0 fully saturated rings. The summed E-state index contributed by atoms with van der Waals surface area (Å²) in [7, 11) is 2.29. The van der Waals surface area contributed by atoms with E-state index in [-0.39, 0.29) is 17.9 Å². The molecule has 20 heavy (non-hydrogen) atoms. The summed E-state index contributed by atoms with van der Waals surface area (Å²) in [5.74, 6) is 0. The Morgan fingerprint density at radius 3 is 1.85 bits per heavy atom. The molecular formula is C18H20ClN. The van der Waals surface area contributed by atoms with Crippen molar-refractivity contribution >= 4 is 12.4 Å². The van der Waals surface area contributed by atoms with E-state index in [0.29, 0.717) is 6.04 Å². The van der Waals surface area contributed by atoms with Crippen LogP contribution in [0.25, 0.3) is 0 Å². The van der Waals surface area contributed by atoms with E-state index >= 15 is 0 Å². The second kappa shape index (κ2) is 4.61. The van der Waals surface area contributed by atoms with Gasteiger partial charge in [-0.25, -0.2) is 0 Å². The van der Waals surface area contributed by atoms with Gasteiger partial charge in [-0.3, -0.25) is 4.90 Å². The van der Waals surface area contributed by atoms with Crippen molar-refractivity contribution in [2.24, 2.45) is 0 Å². The molecule has 0 unspecified atom stereocenters. The van der Waals surface area contributed by atoms with Crippen LogP contribution >= 0.6 is 12.4 Å². The van der Waals surface area contributed by atoms with Crippen LogP contribution in [0.1, 0.15) is 29.2 Å². The fourth-order valence-corrected chi connectivity index (χ4v) is 4.09. The van der Waals surface area contributed by atoms with Crippen molar-refractivity contribution in [1.82, 2.24) is 4.90 Å². The zero-order valence-corrected chi connectivity index (χ0v) is 12.8. The normalized spacial score (nSPS) is 27.2. The zero-order valence-electron chi connectivity index (χ0n) is 12.0. The van der Waals surface area contributed by atoms with Gasteiger partial charge in [0.1, 0.15) is 0 Å². The molecule has 2 aromatic rings. The minimum Gasteiger partial charge on any atom is -0.289 e. The van der Waals surface area contributed by atoms with Crippen LogP contribution in [-0.2, 0) is 18.4 Å². The summed E-state index contributed by atoms with van der Waals surface area (Å²) in [5, 5.41) is 0. The van der Waals surface area contributed by atoms with Crippen LogP contribution < -0.4 is 0 Å². The van der Waals surface area contributed by atoms with Crippen LogP contribution in [0, 0.1) is 0 Å². The van der Waals surface area contributed by atoms with Crippen LogP contribution in [0.5, 0.6) is 0 Å². The SMILES string of the molecule is CN1C2Cc3ccccc3C1(C)c1ccccc1C2.Cl. The molecule has 0 N–H and O–H groups in total. The van der Waals surface area contributed by atoms with Gasteiger partial charge in [-0.2, -0.15) is 0 Å². The second-order valence-electron chi connectivity index (χ2n) is 6.06. The Hall–Kier alpha value is -1.31. The number of rotatable bonds is 0.